The van der Waals surface area contributed by atoms with E-state index >= 15 is 0 Å². The van der Waals surface area contributed by atoms with Crippen LogP contribution in [0, 0.1) is 0 Å². The summed E-state index contributed by atoms with van der Waals surface area (Å²) in [7, 11) is 1.62. The van der Waals surface area contributed by atoms with Gasteiger partial charge >= 0.3 is 5.97 Å². The molecule has 0 aliphatic rings. The van der Waals surface area contributed by atoms with Gasteiger partial charge in [-0.3, -0.25) is 4.79 Å². The Hall–Kier alpha value is -2.05. The highest BCUT2D eigenvalue weighted by atomic mass is 35.5. The molecular formula is C15H15Cl2N3O3. The molecule has 0 radical (unpaired) electrons. The molecule has 0 fully saturated rings. The van der Waals surface area contributed by atoms with E-state index in [1.165, 1.54) is 10.9 Å². The van der Waals surface area contributed by atoms with Gasteiger partial charge in [0.05, 0.1) is 12.9 Å². The first-order valence-corrected chi connectivity index (χ1v) is 7.60. The van der Waals surface area contributed by atoms with Crippen LogP contribution in [0.1, 0.15) is 33.5 Å². The van der Waals surface area contributed by atoms with Gasteiger partial charge in [-0.25, -0.2) is 9.78 Å². The molecular weight excluding hydrogens is 341 g/mol. The van der Waals surface area contributed by atoms with Gasteiger partial charge in [0.1, 0.15) is 5.69 Å². The van der Waals surface area contributed by atoms with E-state index < -0.39 is 11.9 Å². The number of esters is 1. The van der Waals surface area contributed by atoms with Crippen LogP contribution in [-0.2, 0) is 18.3 Å². The van der Waals surface area contributed by atoms with Crippen LogP contribution in [0.4, 0.5) is 0 Å². The van der Waals surface area contributed by atoms with Gasteiger partial charge in [-0.2, -0.15) is 0 Å². The van der Waals surface area contributed by atoms with Crippen molar-refractivity contribution in [2.45, 2.75) is 13.5 Å². The zero-order valence-corrected chi connectivity index (χ0v) is 14.1. The van der Waals surface area contributed by atoms with E-state index in [0.29, 0.717) is 15.6 Å². The first-order valence-electron chi connectivity index (χ1n) is 6.84. The molecule has 8 heteroatoms. The fraction of sp³-hybridized carbons (Fsp3) is 0.267. The van der Waals surface area contributed by atoms with Crippen molar-refractivity contribution < 1.29 is 14.3 Å². The Balaban J connectivity index is 2.15. The number of hydrogen-bond donors (Lipinski definition) is 1. The lowest BCUT2D eigenvalue weighted by Gasteiger charge is -2.09. The summed E-state index contributed by atoms with van der Waals surface area (Å²) in [6, 6.07) is 5.00. The molecule has 0 atom stereocenters. The average molecular weight is 356 g/mol. The van der Waals surface area contributed by atoms with Crippen molar-refractivity contribution in [1.82, 2.24) is 14.9 Å². The third kappa shape index (κ3) is 4.03. The van der Waals surface area contributed by atoms with E-state index in [2.05, 4.69) is 10.3 Å². The summed E-state index contributed by atoms with van der Waals surface area (Å²) >= 11 is 11.9. The number of aryl methyl sites for hydroxylation is 1. The molecule has 6 nitrogen and oxygen atoms in total. The molecule has 1 N–H and O–H groups in total. The van der Waals surface area contributed by atoms with Crippen LogP contribution in [0.5, 0.6) is 0 Å². The van der Waals surface area contributed by atoms with Gasteiger partial charge in [-0.15, -0.1) is 0 Å². The second-order valence-electron chi connectivity index (χ2n) is 4.69. The molecule has 1 amide bonds. The van der Waals surface area contributed by atoms with Crippen LogP contribution in [0.2, 0.25) is 10.0 Å². The van der Waals surface area contributed by atoms with Crippen molar-refractivity contribution in [3.8, 4) is 0 Å². The molecule has 0 saturated heterocycles. The molecule has 1 heterocycles. The molecule has 0 aliphatic carbocycles. The monoisotopic (exact) mass is 355 g/mol. The maximum absolute atomic E-state index is 12.4. The Morgan fingerprint density at radius 2 is 2.09 bits per heavy atom. The van der Waals surface area contributed by atoms with Crippen LogP contribution in [0.3, 0.4) is 0 Å². The number of benzene rings is 1. The predicted octanol–water partition coefficient (Wildman–Crippen LogP) is 2.83. The molecule has 0 unspecified atom stereocenters. The molecule has 0 aliphatic heterocycles. The molecule has 0 spiro atoms. The van der Waals surface area contributed by atoms with Crippen molar-refractivity contribution in [1.29, 1.82) is 0 Å². The van der Waals surface area contributed by atoms with Gasteiger partial charge in [-0.05, 0) is 24.6 Å². The number of nitrogens with zero attached hydrogens (tertiary/aromatic N) is 2. The van der Waals surface area contributed by atoms with Crippen LogP contribution in [0.25, 0.3) is 0 Å². The van der Waals surface area contributed by atoms with E-state index in [-0.39, 0.29) is 24.5 Å². The summed E-state index contributed by atoms with van der Waals surface area (Å²) in [6.45, 7) is 2.09. The summed E-state index contributed by atoms with van der Waals surface area (Å²) in [4.78, 5) is 28.1. The first-order chi connectivity index (χ1) is 10.9. The smallest absolute Gasteiger partial charge is 0.359 e. The summed E-state index contributed by atoms with van der Waals surface area (Å²) in [5, 5.41) is 3.67. The second kappa shape index (κ2) is 7.48. The van der Waals surface area contributed by atoms with E-state index in [4.69, 9.17) is 27.9 Å². The normalized spacial score (nSPS) is 10.4. The van der Waals surface area contributed by atoms with Gasteiger partial charge in [0.2, 0.25) is 0 Å². The zero-order chi connectivity index (χ0) is 17.0. The number of nitrogens with one attached hydrogen (secondary N) is 1. The largest absolute Gasteiger partial charge is 0.461 e. The molecule has 23 heavy (non-hydrogen) atoms. The number of carbonyl (C=O) groups is 2. The maximum atomic E-state index is 12.4. The number of imidazole rings is 1. The van der Waals surface area contributed by atoms with Crippen molar-refractivity contribution in [2.24, 2.45) is 7.05 Å². The number of aromatic nitrogens is 2. The number of hydrogen-bond acceptors (Lipinski definition) is 4. The number of halogens is 2. The Kier molecular flexibility index (Phi) is 5.63. The Morgan fingerprint density at radius 3 is 2.74 bits per heavy atom. The van der Waals surface area contributed by atoms with Gasteiger partial charge < -0.3 is 14.6 Å². The number of ether oxygens (including phenoxy) is 1. The first kappa shape index (κ1) is 17.3. The lowest BCUT2D eigenvalue weighted by atomic mass is 10.2. The van der Waals surface area contributed by atoms with Crippen LogP contribution < -0.4 is 5.32 Å². The van der Waals surface area contributed by atoms with Crippen molar-refractivity contribution in [3.63, 3.8) is 0 Å². The molecule has 1 aromatic heterocycles. The van der Waals surface area contributed by atoms with Crippen LogP contribution >= 0.6 is 23.2 Å². The molecule has 122 valence electrons. The number of amides is 1. The summed E-state index contributed by atoms with van der Waals surface area (Å²) < 4.78 is 6.36. The van der Waals surface area contributed by atoms with E-state index in [0.717, 1.165) is 0 Å². The van der Waals surface area contributed by atoms with Crippen LogP contribution in [0.15, 0.2) is 24.5 Å². The predicted molar refractivity (Wildman–Crippen MR) is 86.8 cm³/mol. The fourth-order valence-corrected chi connectivity index (χ4v) is 2.45. The second-order valence-corrected chi connectivity index (χ2v) is 5.54. The van der Waals surface area contributed by atoms with Crippen molar-refractivity contribution in [2.75, 3.05) is 6.61 Å². The van der Waals surface area contributed by atoms with Crippen LogP contribution in [-0.4, -0.2) is 28.0 Å². The third-order valence-corrected chi connectivity index (χ3v) is 3.66. The number of rotatable bonds is 5. The van der Waals surface area contributed by atoms with Gasteiger partial charge in [0.15, 0.2) is 5.69 Å². The number of carbonyl (C=O) groups excluding carboxylic acids is 2. The van der Waals surface area contributed by atoms with Crippen molar-refractivity contribution in [3.05, 3.63) is 51.5 Å². The lowest BCUT2D eigenvalue weighted by molar-refractivity contribution is 0.0516. The quantitative estimate of drug-likeness (QED) is 0.837. The highest BCUT2D eigenvalue weighted by molar-refractivity contribution is 6.35. The highest BCUT2D eigenvalue weighted by Crippen LogP contribution is 2.21. The molecule has 0 saturated carbocycles. The summed E-state index contributed by atoms with van der Waals surface area (Å²) in [5.74, 6) is -1.08. The Labute approximate surface area is 143 Å². The standard InChI is InChI=1S/C15H15Cl2N3O3/c1-3-23-15(22)12-13(20(2)8-19-12)14(21)18-7-9-4-5-10(16)6-11(9)17/h4-6,8H,3,7H2,1-2H3,(H,18,21). The molecule has 0 bridgehead atoms. The van der Waals surface area contributed by atoms with E-state index in [1.54, 1.807) is 32.2 Å². The molecule has 1 aromatic carbocycles. The topological polar surface area (TPSA) is 73.2 Å². The van der Waals surface area contributed by atoms with Crippen molar-refractivity contribution >= 4 is 35.1 Å². The Bertz CT molecular complexity index is 744. The lowest BCUT2D eigenvalue weighted by Crippen LogP contribution is -2.27. The maximum Gasteiger partial charge on any atom is 0.359 e. The molecule has 2 rings (SSSR count). The van der Waals surface area contributed by atoms with E-state index in [9.17, 15) is 9.59 Å². The minimum atomic E-state index is -0.636. The molecule has 2 aromatic rings. The minimum Gasteiger partial charge on any atom is -0.461 e. The average Bonchev–Trinajstić information content (AvgIpc) is 2.88. The summed E-state index contributed by atoms with van der Waals surface area (Å²) in [6.07, 6.45) is 1.39. The highest BCUT2D eigenvalue weighted by Gasteiger charge is 2.23. The SMILES string of the molecule is CCOC(=O)c1ncn(C)c1C(=O)NCc1ccc(Cl)cc1Cl. The van der Waals surface area contributed by atoms with Gasteiger partial charge in [0, 0.05) is 23.6 Å². The minimum absolute atomic E-state index is 0.0194. The Morgan fingerprint density at radius 1 is 1.35 bits per heavy atom. The third-order valence-electron chi connectivity index (χ3n) is 3.08. The van der Waals surface area contributed by atoms with Gasteiger partial charge in [0.25, 0.3) is 5.91 Å². The fourth-order valence-electron chi connectivity index (χ4n) is 1.97. The van der Waals surface area contributed by atoms with Gasteiger partial charge in [-0.1, -0.05) is 29.3 Å². The summed E-state index contributed by atoms with van der Waals surface area (Å²) in [5.41, 5.74) is 0.826. The zero-order valence-electron chi connectivity index (χ0n) is 12.6. The van der Waals surface area contributed by atoms with E-state index in [1.807, 2.05) is 0 Å².